The maximum absolute atomic E-state index is 6.04. The third-order valence-electron chi connectivity index (χ3n) is 1.88. The van der Waals surface area contributed by atoms with Gasteiger partial charge in [0.15, 0.2) is 0 Å². The molecule has 0 saturated carbocycles. The van der Waals surface area contributed by atoms with Crippen LogP contribution in [0.4, 0.5) is 0 Å². The van der Waals surface area contributed by atoms with Crippen molar-refractivity contribution < 1.29 is 0 Å². The number of hydrogen-bond donors (Lipinski definition) is 1. The Bertz CT molecular complexity index is 448. The van der Waals surface area contributed by atoms with Gasteiger partial charge in [-0.3, -0.25) is 0 Å². The highest BCUT2D eigenvalue weighted by molar-refractivity contribution is 7.80. The van der Waals surface area contributed by atoms with Crippen molar-refractivity contribution in [2.75, 3.05) is 0 Å². The van der Waals surface area contributed by atoms with Gasteiger partial charge in [-0.25, -0.2) is 0 Å². The van der Waals surface area contributed by atoms with Crippen LogP contribution in [0.15, 0.2) is 23.1 Å². The second kappa shape index (κ2) is 3.70. The van der Waals surface area contributed by atoms with E-state index in [9.17, 15) is 0 Å². The molecule has 0 spiro atoms. The number of rotatable bonds is 1. The highest BCUT2D eigenvalue weighted by Gasteiger charge is 2.10. The molecular weight excluding hydrogens is 243 g/mol. The van der Waals surface area contributed by atoms with Gasteiger partial charge in [0.25, 0.3) is 0 Å². The van der Waals surface area contributed by atoms with E-state index in [1.54, 1.807) is 0 Å². The molecule has 0 saturated heterocycles. The lowest BCUT2D eigenvalue weighted by atomic mass is 10.2. The number of hydrogen-bond acceptors (Lipinski definition) is 2. The summed E-state index contributed by atoms with van der Waals surface area (Å²) in [5.74, 6) is 0.454. The van der Waals surface area contributed by atoms with E-state index in [0.717, 1.165) is 24.9 Å². The van der Waals surface area contributed by atoms with Crippen molar-refractivity contribution >= 4 is 57.3 Å². The van der Waals surface area contributed by atoms with Crippen LogP contribution in [-0.2, 0) is 5.88 Å². The van der Waals surface area contributed by atoms with Gasteiger partial charge in [-0.15, -0.1) is 35.6 Å². The average Bonchev–Trinajstić information content (AvgIpc) is 2.43. The third kappa shape index (κ3) is 1.57. The van der Waals surface area contributed by atoms with Gasteiger partial charge < -0.3 is 0 Å². The summed E-state index contributed by atoms with van der Waals surface area (Å²) in [5, 5.41) is 1.12. The van der Waals surface area contributed by atoms with E-state index < -0.39 is 0 Å². The molecule has 0 radical (unpaired) electrons. The summed E-state index contributed by atoms with van der Waals surface area (Å²) < 4.78 is 1.89. The normalized spacial score (nSPS) is 11.0. The van der Waals surface area contributed by atoms with E-state index in [2.05, 4.69) is 12.6 Å². The summed E-state index contributed by atoms with van der Waals surface area (Å²) in [7, 11) is 0. The molecule has 2 aromatic rings. The second-order valence-electron chi connectivity index (χ2n) is 2.64. The Hall–Kier alpha value is 0.110. The predicted octanol–water partition coefficient (Wildman–Crippen LogP) is 4.58. The van der Waals surface area contributed by atoms with Crippen molar-refractivity contribution in [1.82, 2.24) is 0 Å². The van der Waals surface area contributed by atoms with E-state index in [0.29, 0.717) is 5.88 Å². The summed E-state index contributed by atoms with van der Waals surface area (Å²) in [5.41, 5.74) is 1.01. The molecule has 0 bridgehead atoms. The molecule has 0 nitrogen and oxygen atoms in total. The zero-order valence-electron chi connectivity index (χ0n) is 6.55. The van der Waals surface area contributed by atoms with Crippen molar-refractivity contribution in [2.45, 2.75) is 10.8 Å². The standard InChI is InChI=1S/C9H6Cl2S2/c10-4-6-5-2-1-3-7(12)8(5)13-9(6)11/h1-3,12H,4H2. The molecule has 0 unspecified atom stereocenters. The number of benzene rings is 1. The average molecular weight is 249 g/mol. The van der Waals surface area contributed by atoms with E-state index in [1.807, 2.05) is 18.2 Å². The first-order chi connectivity index (χ1) is 6.24. The van der Waals surface area contributed by atoms with Crippen molar-refractivity contribution in [2.24, 2.45) is 0 Å². The first-order valence-corrected chi connectivity index (χ1v) is 5.86. The molecule has 13 heavy (non-hydrogen) atoms. The number of halogens is 2. The molecule has 0 amide bonds. The van der Waals surface area contributed by atoms with Crippen LogP contribution in [0.1, 0.15) is 5.56 Å². The maximum Gasteiger partial charge on any atom is 0.0985 e. The molecule has 0 fully saturated rings. The molecule has 1 aromatic carbocycles. The van der Waals surface area contributed by atoms with Crippen molar-refractivity contribution in [3.63, 3.8) is 0 Å². The second-order valence-corrected chi connectivity index (χ2v) is 5.01. The minimum atomic E-state index is 0.454. The van der Waals surface area contributed by atoms with Crippen molar-refractivity contribution in [3.8, 4) is 0 Å². The lowest BCUT2D eigenvalue weighted by Gasteiger charge is -1.94. The number of thiophene rings is 1. The van der Waals surface area contributed by atoms with E-state index in [-0.39, 0.29) is 0 Å². The predicted molar refractivity (Wildman–Crippen MR) is 63.6 cm³/mol. The molecule has 0 aliphatic carbocycles. The van der Waals surface area contributed by atoms with Crippen molar-refractivity contribution in [1.29, 1.82) is 0 Å². The third-order valence-corrected chi connectivity index (χ3v) is 4.20. The van der Waals surface area contributed by atoms with E-state index in [4.69, 9.17) is 23.2 Å². The fourth-order valence-electron chi connectivity index (χ4n) is 1.25. The molecule has 0 aliphatic heterocycles. The van der Waals surface area contributed by atoms with Gasteiger partial charge in [0, 0.05) is 15.2 Å². The van der Waals surface area contributed by atoms with Crippen molar-refractivity contribution in [3.05, 3.63) is 28.1 Å². The van der Waals surface area contributed by atoms with Crippen LogP contribution in [0.3, 0.4) is 0 Å². The Morgan fingerprint density at radius 2 is 2.15 bits per heavy atom. The Morgan fingerprint density at radius 3 is 2.85 bits per heavy atom. The Morgan fingerprint density at radius 1 is 1.38 bits per heavy atom. The highest BCUT2D eigenvalue weighted by Crippen LogP contribution is 2.38. The summed E-state index contributed by atoms with van der Waals surface area (Å²) >= 11 is 17.7. The fraction of sp³-hybridized carbons (Fsp3) is 0.111. The van der Waals surface area contributed by atoms with Gasteiger partial charge in [-0.1, -0.05) is 23.7 Å². The molecule has 1 heterocycles. The Kier molecular flexibility index (Phi) is 2.75. The Labute approximate surface area is 95.9 Å². The van der Waals surface area contributed by atoms with Crippen LogP contribution in [-0.4, -0.2) is 0 Å². The number of alkyl halides is 1. The van der Waals surface area contributed by atoms with Crippen LogP contribution in [0.25, 0.3) is 10.1 Å². The fourth-order valence-corrected chi connectivity index (χ4v) is 3.38. The highest BCUT2D eigenvalue weighted by atomic mass is 35.5. The van der Waals surface area contributed by atoms with Crippen LogP contribution in [0.2, 0.25) is 4.34 Å². The molecule has 0 aliphatic rings. The first kappa shape index (κ1) is 9.66. The van der Waals surface area contributed by atoms with Gasteiger partial charge in [-0.2, -0.15) is 0 Å². The maximum atomic E-state index is 6.04. The van der Waals surface area contributed by atoms with Crippen LogP contribution in [0.5, 0.6) is 0 Å². The monoisotopic (exact) mass is 248 g/mol. The van der Waals surface area contributed by atoms with Gasteiger partial charge >= 0.3 is 0 Å². The van der Waals surface area contributed by atoms with Crippen LogP contribution >= 0.6 is 47.2 Å². The molecule has 0 N–H and O–H groups in total. The zero-order chi connectivity index (χ0) is 9.42. The van der Waals surface area contributed by atoms with E-state index >= 15 is 0 Å². The van der Waals surface area contributed by atoms with Gasteiger partial charge in [-0.05, 0) is 11.5 Å². The van der Waals surface area contributed by atoms with E-state index in [1.165, 1.54) is 11.3 Å². The Balaban J connectivity index is 2.86. The molecule has 1 aromatic heterocycles. The topological polar surface area (TPSA) is 0 Å². The quantitative estimate of drug-likeness (QED) is 0.555. The molecule has 2 rings (SSSR count). The SMILES string of the molecule is Sc1cccc2c(CCl)c(Cl)sc12. The molecule has 0 atom stereocenters. The minimum Gasteiger partial charge on any atom is -0.142 e. The van der Waals surface area contributed by atoms with Gasteiger partial charge in [0.05, 0.1) is 10.2 Å². The largest absolute Gasteiger partial charge is 0.142 e. The first-order valence-electron chi connectivity index (χ1n) is 3.69. The summed E-state index contributed by atoms with van der Waals surface area (Å²) in [4.78, 5) is 0.959. The van der Waals surface area contributed by atoms with Gasteiger partial charge in [0.1, 0.15) is 0 Å². The molecule has 4 heteroatoms. The summed E-state index contributed by atoms with van der Waals surface area (Å²) in [6.07, 6.45) is 0. The zero-order valence-corrected chi connectivity index (χ0v) is 9.77. The lowest BCUT2D eigenvalue weighted by Crippen LogP contribution is -1.74. The van der Waals surface area contributed by atoms with Crippen LogP contribution < -0.4 is 0 Å². The molecule has 68 valence electrons. The van der Waals surface area contributed by atoms with Crippen LogP contribution in [0, 0.1) is 0 Å². The lowest BCUT2D eigenvalue weighted by molar-refractivity contribution is 1.48. The summed E-state index contributed by atoms with van der Waals surface area (Å²) in [6, 6.07) is 5.94. The minimum absolute atomic E-state index is 0.454. The number of fused-ring (bicyclic) bond motifs is 1. The van der Waals surface area contributed by atoms with Gasteiger partial charge in [0.2, 0.25) is 0 Å². The summed E-state index contributed by atoms with van der Waals surface area (Å²) in [6.45, 7) is 0. The number of thiol groups is 1. The molecular formula is C9H6Cl2S2. The smallest absolute Gasteiger partial charge is 0.0985 e.